The first kappa shape index (κ1) is 19.0. The van der Waals surface area contributed by atoms with Crippen LogP contribution in [-0.4, -0.2) is 10.4 Å². The Kier molecular flexibility index (Phi) is 5.77. The molecular formula is C24H18BrNO3. The Morgan fingerprint density at radius 1 is 1.00 bits per heavy atom. The summed E-state index contributed by atoms with van der Waals surface area (Å²) in [6.07, 6.45) is 7.08. The van der Waals surface area contributed by atoms with Crippen molar-refractivity contribution in [2.24, 2.45) is 0 Å². The van der Waals surface area contributed by atoms with Crippen LogP contribution in [0.1, 0.15) is 21.9 Å². The highest BCUT2D eigenvalue weighted by atomic mass is 79.9. The molecule has 2 heterocycles. The lowest BCUT2D eigenvalue weighted by molar-refractivity contribution is 0.104. The summed E-state index contributed by atoms with van der Waals surface area (Å²) in [7, 11) is 0. The van der Waals surface area contributed by atoms with Gasteiger partial charge >= 0.3 is 0 Å². The highest BCUT2D eigenvalue weighted by molar-refractivity contribution is 9.10. The number of aromatic nitrogens is 1. The summed E-state index contributed by atoms with van der Waals surface area (Å²) in [6, 6.07) is 22.7. The van der Waals surface area contributed by atoms with Crippen molar-refractivity contribution in [1.29, 1.82) is 0 Å². The van der Waals surface area contributed by atoms with Crippen molar-refractivity contribution in [2.75, 3.05) is 0 Å². The van der Waals surface area contributed by atoms with Crippen LogP contribution in [0.4, 0.5) is 0 Å². The number of ether oxygens (including phenoxy) is 1. The molecular weight excluding hydrogens is 430 g/mol. The molecule has 2 aromatic carbocycles. The average Bonchev–Trinajstić information content (AvgIpc) is 3.44. The van der Waals surface area contributed by atoms with E-state index in [1.807, 2.05) is 83.7 Å². The molecule has 0 unspecified atom stereocenters. The minimum absolute atomic E-state index is 0.0820. The topological polar surface area (TPSA) is 44.4 Å². The van der Waals surface area contributed by atoms with Crippen LogP contribution in [0.3, 0.4) is 0 Å². The number of ketones is 1. The van der Waals surface area contributed by atoms with E-state index < -0.39 is 0 Å². The molecule has 0 saturated carbocycles. The van der Waals surface area contributed by atoms with E-state index in [2.05, 4.69) is 15.9 Å². The third-order valence-electron chi connectivity index (χ3n) is 4.32. The second kappa shape index (κ2) is 8.80. The summed E-state index contributed by atoms with van der Waals surface area (Å²) >= 11 is 3.45. The molecule has 0 aliphatic carbocycles. The minimum Gasteiger partial charge on any atom is -0.484 e. The van der Waals surface area contributed by atoms with E-state index in [4.69, 9.17) is 9.15 Å². The lowest BCUT2D eigenvalue weighted by atomic mass is 10.1. The molecule has 5 heteroatoms. The number of furan rings is 1. The number of hydrogen-bond donors (Lipinski definition) is 0. The first-order chi connectivity index (χ1) is 14.2. The van der Waals surface area contributed by atoms with Gasteiger partial charge in [-0.3, -0.25) is 4.79 Å². The van der Waals surface area contributed by atoms with Gasteiger partial charge in [0.25, 0.3) is 0 Å². The molecule has 4 aromatic rings. The maximum atomic E-state index is 12.5. The van der Waals surface area contributed by atoms with E-state index in [0.29, 0.717) is 23.7 Å². The second-order valence-electron chi connectivity index (χ2n) is 6.36. The van der Waals surface area contributed by atoms with E-state index in [-0.39, 0.29) is 5.78 Å². The molecule has 0 spiro atoms. The average molecular weight is 448 g/mol. The summed E-state index contributed by atoms with van der Waals surface area (Å²) in [5.41, 5.74) is 1.57. The number of rotatable bonds is 7. The summed E-state index contributed by atoms with van der Waals surface area (Å²) in [6.45, 7) is 0.309. The van der Waals surface area contributed by atoms with Crippen molar-refractivity contribution in [3.8, 4) is 11.4 Å². The summed E-state index contributed by atoms with van der Waals surface area (Å²) < 4.78 is 14.3. The van der Waals surface area contributed by atoms with Crippen LogP contribution < -0.4 is 4.74 Å². The van der Waals surface area contributed by atoms with Crippen LogP contribution in [0.15, 0.2) is 100 Å². The first-order valence-electron chi connectivity index (χ1n) is 9.11. The molecule has 4 rings (SSSR count). The number of benzene rings is 2. The normalized spacial score (nSPS) is 11.1. The van der Waals surface area contributed by atoms with Gasteiger partial charge in [0.15, 0.2) is 5.78 Å². The lowest BCUT2D eigenvalue weighted by Gasteiger charge is -2.05. The van der Waals surface area contributed by atoms with E-state index in [0.717, 1.165) is 15.9 Å². The third-order valence-corrected chi connectivity index (χ3v) is 4.98. The van der Waals surface area contributed by atoms with Crippen LogP contribution in [-0.2, 0) is 6.61 Å². The van der Waals surface area contributed by atoms with Crippen molar-refractivity contribution in [3.05, 3.63) is 113 Å². The van der Waals surface area contributed by atoms with Gasteiger partial charge in [-0.2, -0.15) is 0 Å². The predicted octanol–water partition coefficient (Wildman–Crippen LogP) is 6.31. The molecule has 144 valence electrons. The van der Waals surface area contributed by atoms with E-state index in [1.54, 1.807) is 12.1 Å². The van der Waals surface area contributed by atoms with Gasteiger partial charge in [-0.05, 0) is 76.6 Å². The number of hydrogen-bond acceptors (Lipinski definition) is 3. The molecule has 0 N–H and O–H groups in total. The number of halogens is 1. The van der Waals surface area contributed by atoms with Gasteiger partial charge in [0.1, 0.15) is 23.9 Å². The van der Waals surface area contributed by atoms with Gasteiger partial charge in [0.05, 0.1) is 4.47 Å². The summed E-state index contributed by atoms with van der Waals surface area (Å²) in [5, 5.41) is 0. The zero-order valence-corrected chi connectivity index (χ0v) is 17.1. The van der Waals surface area contributed by atoms with Gasteiger partial charge in [-0.15, -0.1) is 0 Å². The van der Waals surface area contributed by atoms with E-state index in [9.17, 15) is 4.79 Å². The molecule has 0 radical (unpaired) electrons. The van der Waals surface area contributed by atoms with Gasteiger partial charge in [0.2, 0.25) is 0 Å². The number of allylic oxidation sites excluding steroid dienone is 1. The maximum Gasteiger partial charge on any atom is 0.186 e. The SMILES string of the molecule is O=C(/C=C/c1ccc(COc2ccccc2Br)o1)c1cccc(-n2cccc2)c1. The molecule has 2 aromatic heterocycles. The van der Waals surface area contributed by atoms with Gasteiger partial charge in [-0.25, -0.2) is 0 Å². The monoisotopic (exact) mass is 447 g/mol. The van der Waals surface area contributed by atoms with Gasteiger partial charge in [-0.1, -0.05) is 24.3 Å². The molecule has 0 amide bonds. The highest BCUT2D eigenvalue weighted by Crippen LogP contribution is 2.25. The van der Waals surface area contributed by atoms with Crippen molar-refractivity contribution in [1.82, 2.24) is 4.57 Å². The van der Waals surface area contributed by atoms with Crippen molar-refractivity contribution < 1.29 is 13.9 Å². The van der Waals surface area contributed by atoms with E-state index in [1.165, 1.54) is 6.08 Å². The molecule has 0 aliphatic heterocycles. The number of para-hydroxylation sites is 1. The Labute approximate surface area is 177 Å². The fourth-order valence-electron chi connectivity index (χ4n) is 2.85. The molecule has 0 saturated heterocycles. The van der Waals surface area contributed by atoms with Gasteiger partial charge < -0.3 is 13.7 Å². The Morgan fingerprint density at radius 2 is 1.83 bits per heavy atom. The lowest BCUT2D eigenvalue weighted by Crippen LogP contribution is -1.97. The number of carbonyl (C=O) groups excluding carboxylic acids is 1. The predicted molar refractivity (Wildman–Crippen MR) is 116 cm³/mol. The van der Waals surface area contributed by atoms with Crippen molar-refractivity contribution in [2.45, 2.75) is 6.61 Å². The van der Waals surface area contributed by atoms with Crippen molar-refractivity contribution >= 4 is 27.8 Å². The fourth-order valence-corrected chi connectivity index (χ4v) is 3.25. The molecule has 0 fully saturated rings. The highest BCUT2D eigenvalue weighted by Gasteiger charge is 2.06. The standard InChI is InChI=1S/C24H18BrNO3/c25-22-8-1-2-9-24(22)28-17-21-11-10-20(29-21)12-13-23(27)18-6-5-7-19(16-18)26-14-3-4-15-26/h1-16H,17H2/b13-12+. The van der Waals surface area contributed by atoms with Crippen LogP contribution in [0.2, 0.25) is 0 Å². The zero-order valence-electron chi connectivity index (χ0n) is 15.5. The fraction of sp³-hybridized carbons (Fsp3) is 0.0417. The first-order valence-corrected chi connectivity index (χ1v) is 9.90. The van der Waals surface area contributed by atoms with Crippen LogP contribution >= 0.6 is 15.9 Å². The molecule has 4 nitrogen and oxygen atoms in total. The third kappa shape index (κ3) is 4.76. The number of nitrogens with zero attached hydrogens (tertiary/aromatic N) is 1. The quantitative estimate of drug-likeness (QED) is 0.246. The minimum atomic E-state index is -0.0820. The summed E-state index contributed by atoms with van der Waals surface area (Å²) in [5.74, 6) is 1.95. The zero-order chi connectivity index (χ0) is 20.1. The van der Waals surface area contributed by atoms with Crippen molar-refractivity contribution in [3.63, 3.8) is 0 Å². The summed E-state index contributed by atoms with van der Waals surface area (Å²) in [4.78, 5) is 12.5. The Balaban J connectivity index is 1.40. The molecule has 0 bridgehead atoms. The number of carbonyl (C=O) groups is 1. The van der Waals surface area contributed by atoms with Gasteiger partial charge in [0, 0.05) is 23.6 Å². The Bertz CT molecular complexity index is 1140. The van der Waals surface area contributed by atoms with Crippen LogP contribution in [0, 0.1) is 0 Å². The van der Waals surface area contributed by atoms with Crippen LogP contribution in [0.5, 0.6) is 5.75 Å². The largest absolute Gasteiger partial charge is 0.484 e. The van der Waals surface area contributed by atoms with E-state index >= 15 is 0 Å². The molecule has 29 heavy (non-hydrogen) atoms. The smallest absolute Gasteiger partial charge is 0.186 e. The molecule has 0 aliphatic rings. The Hall–Kier alpha value is -3.31. The second-order valence-corrected chi connectivity index (χ2v) is 7.22. The maximum absolute atomic E-state index is 12.5. The Morgan fingerprint density at radius 3 is 2.66 bits per heavy atom. The van der Waals surface area contributed by atoms with Crippen LogP contribution in [0.25, 0.3) is 11.8 Å². The molecule has 0 atom stereocenters.